The molecular formula is C19H21Cl2N3O2. The minimum Gasteiger partial charge on any atom is -0.340 e. The zero-order valence-electron chi connectivity index (χ0n) is 14.8. The van der Waals surface area contributed by atoms with E-state index in [0.29, 0.717) is 17.3 Å². The van der Waals surface area contributed by atoms with Crippen molar-refractivity contribution in [3.63, 3.8) is 0 Å². The Bertz CT molecular complexity index is 809. The number of rotatable bonds is 6. The minimum atomic E-state index is -0.712. The summed E-state index contributed by atoms with van der Waals surface area (Å²) in [5.41, 5.74) is 1.06. The van der Waals surface area contributed by atoms with Crippen LogP contribution in [0.25, 0.3) is 0 Å². The van der Waals surface area contributed by atoms with Gasteiger partial charge in [0.1, 0.15) is 11.9 Å². The molecule has 7 heteroatoms. The first-order chi connectivity index (χ1) is 12.3. The number of carbonyl (C=O) groups excluding carboxylic acids is 2. The highest BCUT2D eigenvalue weighted by molar-refractivity contribution is 6.36. The highest BCUT2D eigenvalue weighted by Gasteiger charge is 2.24. The molecule has 26 heavy (non-hydrogen) atoms. The van der Waals surface area contributed by atoms with Gasteiger partial charge in [0, 0.05) is 10.7 Å². The van der Waals surface area contributed by atoms with E-state index in [9.17, 15) is 9.59 Å². The molecule has 0 radical (unpaired) electrons. The van der Waals surface area contributed by atoms with Crippen LogP contribution in [0, 0.1) is 12.8 Å². The Balaban J connectivity index is 2.15. The third-order valence-corrected chi connectivity index (χ3v) is 4.19. The fourth-order valence-corrected chi connectivity index (χ4v) is 2.93. The summed E-state index contributed by atoms with van der Waals surface area (Å²) in [6, 6.07) is 9.24. The number of aryl methyl sites for hydroxylation is 1. The summed E-state index contributed by atoms with van der Waals surface area (Å²) in [4.78, 5) is 29.4. The second-order valence-corrected chi connectivity index (χ2v) is 7.28. The zero-order valence-corrected chi connectivity index (χ0v) is 16.4. The SMILES string of the molecule is Cc1cccc(NC(=O)C(CC(C)C)NC(=O)c2ccc(Cl)cc2Cl)n1. The van der Waals surface area contributed by atoms with Crippen molar-refractivity contribution < 1.29 is 9.59 Å². The van der Waals surface area contributed by atoms with Crippen LogP contribution < -0.4 is 10.6 Å². The summed E-state index contributed by atoms with van der Waals surface area (Å²) in [6.45, 7) is 5.80. The lowest BCUT2D eigenvalue weighted by Crippen LogP contribution is -2.44. The molecule has 0 saturated heterocycles. The molecule has 1 aromatic heterocycles. The summed E-state index contributed by atoms with van der Waals surface area (Å²) < 4.78 is 0. The average Bonchev–Trinajstić information content (AvgIpc) is 2.53. The van der Waals surface area contributed by atoms with Crippen molar-refractivity contribution in [2.24, 2.45) is 5.92 Å². The van der Waals surface area contributed by atoms with E-state index in [0.717, 1.165) is 5.69 Å². The van der Waals surface area contributed by atoms with Gasteiger partial charge in [0.2, 0.25) is 5.91 Å². The topological polar surface area (TPSA) is 71.1 Å². The minimum absolute atomic E-state index is 0.206. The monoisotopic (exact) mass is 393 g/mol. The highest BCUT2D eigenvalue weighted by atomic mass is 35.5. The van der Waals surface area contributed by atoms with E-state index < -0.39 is 11.9 Å². The van der Waals surface area contributed by atoms with E-state index in [-0.39, 0.29) is 22.4 Å². The number of aromatic nitrogens is 1. The quantitative estimate of drug-likeness (QED) is 0.759. The largest absolute Gasteiger partial charge is 0.340 e. The van der Waals surface area contributed by atoms with Gasteiger partial charge in [0.25, 0.3) is 5.91 Å². The average molecular weight is 394 g/mol. The smallest absolute Gasteiger partial charge is 0.253 e. The standard InChI is InChI=1S/C19H21Cl2N3O2/c1-11(2)9-16(19(26)24-17-6-4-5-12(3)22-17)23-18(25)14-8-7-13(20)10-15(14)21/h4-8,10-11,16H,9H2,1-3H3,(H,23,25)(H,22,24,26). The Labute approximate surface area is 163 Å². The first kappa shape index (κ1) is 20.2. The number of nitrogens with one attached hydrogen (secondary N) is 2. The van der Waals surface area contributed by atoms with Crippen molar-refractivity contribution in [2.45, 2.75) is 33.2 Å². The van der Waals surface area contributed by atoms with Crippen LogP contribution in [0.2, 0.25) is 10.0 Å². The van der Waals surface area contributed by atoms with Crippen molar-refractivity contribution in [1.82, 2.24) is 10.3 Å². The summed E-state index contributed by atoms with van der Waals surface area (Å²) in [5.74, 6) is -0.0976. The number of amides is 2. The third-order valence-electron chi connectivity index (χ3n) is 3.64. The molecule has 1 heterocycles. The van der Waals surface area contributed by atoms with Crippen LogP contribution in [0.15, 0.2) is 36.4 Å². The molecule has 1 unspecified atom stereocenters. The lowest BCUT2D eigenvalue weighted by atomic mass is 10.0. The van der Waals surface area contributed by atoms with Crippen molar-refractivity contribution in [1.29, 1.82) is 0 Å². The van der Waals surface area contributed by atoms with Crippen molar-refractivity contribution >= 4 is 40.8 Å². The van der Waals surface area contributed by atoms with E-state index in [1.165, 1.54) is 12.1 Å². The van der Waals surface area contributed by atoms with E-state index in [2.05, 4.69) is 15.6 Å². The van der Waals surface area contributed by atoms with Crippen LogP contribution in [0.5, 0.6) is 0 Å². The van der Waals surface area contributed by atoms with Crippen LogP contribution in [0.3, 0.4) is 0 Å². The maximum Gasteiger partial charge on any atom is 0.253 e. The summed E-state index contributed by atoms with van der Waals surface area (Å²) in [6.07, 6.45) is 0.481. The third kappa shape index (κ3) is 5.71. The molecule has 0 bridgehead atoms. The van der Waals surface area contributed by atoms with Gasteiger partial charge >= 0.3 is 0 Å². The molecule has 5 nitrogen and oxygen atoms in total. The number of hydrogen-bond acceptors (Lipinski definition) is 3. The normalized spacial score (nSPS) is 11.9. The number of carbonyl (C=O) groups is 2. The van der Waals surface area contributed by atoms with E-state index in [1.807, 2.05) is 32.9 Å². The Morgan fingerprint density at radius 2 is 1.88 bits per heavy atom. The van der Waals surface area contributed by atoms with Crippen molar-refractivity contribution in [3.8, 4) is 0 Å². The van der Waals surface area contributed by atoms with Gasteiger partial charge in [-0.2, -0.15) is 0 Å². The molecule has 1 aromatic carbocycles. The first-order valence-corrected chi connectivity index (χ1v) is 9.02. The molecule has 1 atom stereocenters. The lowest BCUT2D eigenvalue weighted by molar-refractivity contribution is -0.118. The maximum atomic E-state index is 12.6. The van der Waals surface area contributed by atoms with Crippen LogP contribution in [-0.2, 0) is 4.79 Å². The van der Waals surface area contributed by atoms with Crippen molar-refractivity contribution in [3.05, 3.63) is 57.7 Å². The van der Waals surface area contributed by atoms with E-state index >= 15 is 0 Å². The Kier molecular flexibility index (Phi) is 7.00. The van der Waals surface area contributed by atoms with Gasteiger partial charge in [-0.1, -0.05) is 43.1 Å². The maximum absolute atomic E-state index is 12.6. The Morgan fingerprint density at radius 1 is 1.15 bits per heavy atom. The highest BCUT2D eigenvalue weighted by Crippen LogP contribution is 2.21. The summed E-state index contributed by atoms with van der Waals surface area (Å²) in [7, 11) is 0. The second kappa shape index (κ2) is 9.01. The van der Waals surface area contributed by atoms with Gasteiger partial charge in [0.05, 0.1) is 10.6 Å². The lowest BCUT2D eigenvalue weighted by Gasteiger charge is -2.20. The van der Waals surface area contributed by atoms with E-state index in [1.54, 1.807) is 12.1 Å². The second-order valence-electron chi connectivity index (χ2n) is 6.43. The fourth-order valence-electron chi connectivity index (χ4n) is 2.44. The molecule has 0 aliphatic rings. The number of halogens is 2. The molecular weight excluding hydrogens is 373 g/mol. The van der Waals surface area contributed by atoms with Crippen LogP contribution >= 0.6 is 23.2 Å². The number of anilines is 1. The van der Waals surface area contributed by atoms with Crippen LogP contribution in [0.4, 0.5) is 5.82 Å². The molecule has 0 aliphatic heterocycles. The number of pyridine rings is 1. The predicted molar refractivity (Wildman–Crippen MR) is 105 cm³/mol. The number of nitrogens with zero attached hydrogens (tertiary/aromatic N) is 1. The Morgan fingerprint density at radius 3 is 2.50 bits per heavy atom. The predicted octanol–water partition coefficient (Wildman–Crippen LogP) is 4.48. The summed E-state index contributed by atoms with van der Waals surface area (Å²) in [5, 5.41) is 6.18. The molecule has 2 rings (SSSR count). The summed E-state index contributed by atoms with van der Waals surface area (Å²) >= 11 is 11.9. The zero-order chi connectivity index (χ0) is 19.3. The molecule has 0 saturated carbocycles. The first-order valence-electron chi connectivity index (χ1n) is 8.26. The van der Waals surface area contributed by atoms with Crippen LogP contribution in [-0.4, -0.2) is 22.8 Å². The van der Waals surface area contributed by atoms with E-state index in [4.69, 9.17) is 23.2 Å². The number of hydrogen-bond donors (Lipinski definition) is 2. The van der Waals surface area contributed by atoms with Crippen LogP contribution in [0.1, 0.15) is 36.3 Å². The van der Waals surface area contributed by atoms with Gasteiger partial charge < -0.3 is 10.6 Å². The van der Waals surface area contributed by atoms with Gasteiger partial charge in [-0.15, -0.1) is 0 Å². The fraction of sp³-hybridized carbons (Fsp3) is 0.316. The molecule has 2 aromatic rings. The molecule has 2 N–H and O–H groups in total. The number of benzene rings is 1. The van der Waals surface area contributed by atoms with Gasteiger partial charge in [-0.25, -0.2) is 4.98 Å². The van der Waals surface area contributed by atoms with Gasteiger partial charge in [-0.3, -0.25) is 9.59 Å². The van der Waals surface area contributed by atoms with Gasteiger partial charge in [-0.05, 0) is 49.6 Å². The molecule has 0 fully saturated rings. The molecule has 138 valence electrons. The van der Waals surface area contributed by atoms with Gasteiger partial charge in [0.15, 0.2) is 0 Å². The van der Waals surface area contributed by atoms with Crippen molar-refractivity contribution in [2.75, 3.05) is 5.32 Å². The Hall–Kier alpha value is -2.11. The molecule has 0 spiro atoms. The molecule has 0 aliphatic carbocycles. The molecule has 2 amide bonds.